The van der Waals surface area contributed by atoms with Crippen molar-refractivity contribution in [2.24, 2.45) is 0 Å². The zero-order valence-corrected chi connectivity index (χ0v) is 20.9. The molecule has 0 bridgehead atoms. The summed E-state index contributed by atoms with van der Waals surface area (Å²) in [7, 11) is 0. The van der Waals surface area contributed by atoms with Crippen LogP contribution in [-0.4, -0.2) is 94.8 Å². The van der Waals surface area contributed by atoms with Crippen LogP contribution in [0.4, 0.5) is 29.5 Å². The molecule has 3 aliphatic heterocycles. The van der Waals surface area contributed by atoms with Gasteiger partial charge in [0.15, 0.2) is 5.82 Å². The lowest BCUT2D eigenvalue weighted by molar-refractivity contribution is -0.137. The van der Waals surface area contributed by atoms with Crippen LogP contribution in [0.2, 0.25) is 0 Å². The summed E-state index contributed by atoms with van der Waals surface area (Å²) in [4.78, 5) is 32.5. The van der Waals surface area contributed by atoms with E-state index in [0.717, 1.165) is 44.6 Å². The van der Waals surface area contributed by atoms with Crippen LogP contribution in [0.3, 0.4) is 0 Å². The first-order valence-corrected chi connectivity index (χ1v) is 12.7. The number of anilines is 2. The minimum atomic E-state index is -4.39. The minimum absolute atomic E-state index is 0.265. The molecule has 1 aromatic heterocycles. The Hall–Kier alpha value is -3.12. The van der Waals surface area contributed by atoms with Gasteiger partial charge in [-0.3, -0.25) is 14.6 Å². The molecule has 1 N–H and O–H groups in total. The molecule has 0 radical (unpaired) electrons. The average Bonchev–Trinajstić information content (AvgIpc) is 3.52. The topological polar surface area (TPSA) is 77.0 Å². The fourth-order valence-electron chi connectivity index (χ4n) is 5.54. The van der Waals surface area contributed by atoms with Crippen molar-refractivity contribution in [1.82, 2.24) is 24.5 Å². The number of alkyl halides is 3. The van der Waals surface area contributed by atoms with E-state index in [1.165, 1.54) is 29.9 Å². The fourth-order valence-corrected chi connectivity index (χ4v) is 5.54. The minimum Gasteiger partial charge on any atom is -0.368 e. The molecule has 5 rings (SSSR count). The third kappa shape index (κ3) is 5.74. The molecule has 1 aromatic carbocycles. The first-order chi connectivity index (χ1) is 17.7. The largest absolute Gasteiger partial charge is 0.416 e. The van der Waals surface area contributed by atoms with E-state index >= 15 is 0 Å². The third-order valence-electron chi connectivity index (χ3n) is 7.47. The van der Waals surface area contributed by atoms with Gasteiger partial charge >= 0.3 is 12.2 Å². The first kappa shape index (κ1) is 25.5. The number of carbonyl (C=O) groups is 2. The quantitative estimate of drug-likeness (QED) is 0.670. The number of aromatic nitrogens is 2. The highest BCUT2D eigenvalue weighted by molar-refractivity contribution is 5.88. The molecule has 2 amide bonds. The van der Waals surface area contributed by atoms with Gasteiger partial charge in [-0.2, -0.15) is 17.9 Å². The first-order valence-electron chi connectivity index (χ1n) is 12.7. The molecule has 1 unspecified atom stereocenters. The average molecular weight is 520 g/mol. The summed E-state index contributed by atoms with van der Waals surface area (Å²) in [5.41, 5.74) is 0.932. The molecule has 0 saturated carbocycles. The molecule has 3 aliphatic rings. The van der Waals surface area contributed by atoms with Crippen LogP contribution < -0.4 is 10.2 Å². The molecule has 37 heavy (non-hydrogen) atoms. The Bertz CT molecular complexity index is 1140. The Balaban J connectivity index is 1.25. The van der Waals surface area contributed by atoms with Crippen LogP contribution in [0.1, 0.15) is 30.9 Å². The van der Waals surface area contributed by atoms with Gasteiger partial charge in [0, 0.05) is 83.3 Å². The number of amides is 2. The number of nitrogens with one attached hydrogen (secondary N) is 1. The Labute approximate surface area is 213 Å². The molecule has 4 heterocycles. The van der Waals surface area contributed by atoms with Crippen molar-refractivity contribution in [3.05, 3.63) is 41.6 Å². The van der Waals surface area contributed by atoms with Crippen LogP contribution >= 0.6 is 0 Å². The number of piperazine rings is 2. The fraction of sp³-hybridized carbons (Fsp3) is 0.560. The summed E-state index contributed by atoms with van der Waals surface area (Å²) in [6, 6.07) is 5.79. The molecular weight excluding hydrogens is 487 g/mol. The summed E-state index contributed by atoms with van der Waals surface area (Å²) in [5, 5.41) is 6.65. The number of carbonyl (C=O) groups excluding carboxylic acids is 2. The normalized spacial score (nSPS) is 21.2. The van der Waals surface area contributed by atoms with Crippen LogP contribution in [-0.2, 0) is 17.5 Å². The van der Waals surface area contributed by atoms with Crippen molar-refractivity contribution < 1.29 is 22.8 Å². The van der Waals surface area contributed by atoms with Gasteiger partial charge in [-0.05, 0) is 37.1 Å². The lowest BCUT2D eigenvalue weighted by Gasteiger charge is -2.40. The number of hydrogen-bond donors (Lipinski definition) is 1. The van der Waals surface area contributed by atoms with E-state index in [0.29, 0.717) is 50.3 Å². The van der Waals surface area contributed by atoms with Crippen LogP contribution in [0, 0.1) is 0 Å². The van der Waals surface area contributed by atoms with Gasteiger partial charge < -0.3 is 15.1 Å². The SMILES string of the molecule is CC(=O)Nc1ccn(C(=O)N2CCN(Cc3ccc(C(F)(F)F)cc3N3CCN4CCCC4C3)CC2)n1. The van der Waals surface area contributed by atoms with Crippen LogP contribution in [0.5, 0.6) is 0 Å². The second-order valence-corrected chi connectivity index (χ2v) is 9.99. The van der Waals surface area contributed by atoms with Crippen molar-refractivity contribution in [1.29, 1.82) is 0 Å². The zero-order chi connectivity index (χ0) is 26.2. The molecule has 3 fully saturated rings. The summed E-state index contributed by atoms with van der Waals surface area (Å²) >= 11 is 0. The number of nitrogens with zero attached hydrogens (tertiary/aromatic N) is 6. The Morgan fingerprint density at radius 2 is 1.84 bits per heavy atom. The van der Waals surface area contributed by atoms with Gasteiger partial charge in [-0.15, -0.1) is 5.10 Å². The predicted octanol–water partition coefficient (Wildman–Crippen LogP) is 2.93. The Morgan fingerprint density at radius 3 is 2.57 bits per heavy atom. The summed E-state index contributed by atoms with van der Waals surface area (Å²) in [6.45, 7) is 7.47. The number of hydrogen-bond acceptors (Lipinski definition) is 6. The third-order valence-corrected chi connectivity index (χ3v) is 7.47. The van der Waals surface area contributed by atoms with Gasteiger partial charge in [0.2, 0.25) is 5.91 Å². The molecule has 0 aliphatic carbocycles. The highest BCUT2D eigenvalue weighted by atomic mass is 19.4. The monoisotopic (exact) mass is 519 g/mol. The van der Waals surface area contributed by atoms with E-state index in [9.17, 15) is 22.8 Å². The van der Waals surface area contributed by atoms with E-state index in [1.807, 2.05) is 0 Å². The lowest BCUT2D eigenvalue weighted by atomic mass is 10.0. The Kier molecular flexibility index (Phi) is 7.13. The van der Waals surface area contributed by atoms with Crippen molar-refractivity contribution >= 4 is 23.4 Å². The van der Waals surface area contributed by atoms with Crippen molar-refractivity contribution in [3.63, 3.8) is 0 Å². The van der Waals surface area contributed by atoms with Gasteiger partial charge in [0.25, 0.3) is 0 Å². The highest BCUT2D eigenvalue weighted by Gasteiger charge is 2.35. The summed E-state index contributed by atoms with van der Waals surface area (Å²) < 4.78 is 41.9. The van der Waals surface area contributed by atoms with Crippen molar-refractivity contribution in [2.45, 2.75) is 38.5 Å². The molecule has 12 heteroatoms. The smallest absolute Gasteiger partial charge is 0.368 e. The zero-order valence-electron chi connectivity index (χ0n) is 20.9. The summed E-state index contributed by atoms with van der Waals surface area (Å²) in [6.07, 6.45) is -0.646. The maximum atomic E-state index is 13.6. The van der Waals surface area contributed by atoms with E-state index in [2.05, 4.69) is 25.1 Å². The molecule has 1 atom stereocenters. The van der Waals surface area contributed by atoms with Crippen molar-refractivity contribution in [3.8, 4) is 0 Å². The van der Waals surface area contributed by atoms with E-state index < -0.39 is 11.7 Å². The molecule has 200 valence electrons. The van der Waals surface area contributed by atoms with Crippen LogP contribution in [0.25, 0.3) is 0 Å². The Morgan fingerprint density at radius 1 is 1.05 bits per heavy atom. The molecule has 2 aromatic rings. The molecular formula is C25H32F3N7O2. The van der Waals surface area contributed by atoms with Gasteiger partial charge in [0.1, 0.15) is 0 Å². The summed E-state index contributed by atoms with van der Waals surface area (Å²) in [5.74, 6) is 0.0480. The van der Waals surface area contributed by atoms with Gasteiger partial charge in [-0.1, -0.05) is 6.07 Å². The molecule has 9 nitrogen and oxygen atoms in total. The number of fused-ring (bicyclic) bond motifs is 1. The maximum Gasteiger partial charge on any atom is 0.416 e. The van der Waals surface area contributed by atoms with Crippen molar-refractivity contribution in [2.75, 3.05) is 62.6 Å². The molecule has 0 spiro atoms. The second-order valence-electron chi connectivity index (χ2n) is 9.99. The predicted molar refractivity (Wildman–Crippen MR) is 132 cm³/mol. The number of rotatable bonds is 4. The highest BCUT2D eigenvalue weighted by Crippen LogP contribution is 2.35. The van der Waals surface area contributed by atoms with E-state index in [-0.39, 0.29) is 11.9 Å². The van der Waals surface area contributed by atoms with Gasteiger partial charge in [-0.25, -0.2) is 4.79 Å². The van der Waals surface area contributed by atoms with E-state index in [4.69, 9.17) is 0 Å². The van der Waals surface area contributed by atoms with E-state index in [1.54, 1.807) is 17.0 Å². The van der Waals surface area contributed by atoms with Crippen LogP contribution in [0.15, 0.2) is 30.5 Å². The number of halogens is 3. The second kappa shape index (κ2) is 10.3. The standard InChI is InChI=1S/C25H32F3N7O2/c1-18(36)29-23-6-8-35(30-23)24(37)33-11-9-31(10-12-33)16-19-4-5-20(25(26,27)28)15-22(19)34-14-13-32-7-2-3-21(32)17-34/h4-6,8,15,21H,2-3,7,9-14,16-17H2,1H3,(H,29,30,36). The molecule has 3 saturated heterocycles. The maximum absolute atomic E-state index is 13.6. The lowest BCUT2D eigenvalue weighted by Crippen LogP contribution is -2.51. The number of benzene rings is 1. The van der Waals surface area contributed by atoms with Gasteiger partial charge in [0.05, 0.1) is 5.56 Å².